The molecule has 3 N–H and O–H groups in total. The van der Waals surface area contributed by atoms with E-state index in [9.17, 15) is 14.7 Å². The van der Waals surface area contributed by atoms with Crippen molar-refractivity contribution in [2.24, 2.45) is 0 Å². The van der Waals surface area contributed by atoms with Crippen molar-refractivity contribution in [1.29, 1.82) is 0 Å². The lowest BCUT2D eigenvalue weighted by atomic mass is 10.1. The summed E-state index contributed by atoms with van der Waals surface area (Å²) in [5.41, 5.74) is 7.81. The van der Waals surface area contributed by atoms with E-state index in [0.29, 0.717) is 41.3 Å². The van der Waals surface area contributed by atoms with Crippen molar-refractivity contribution >= 4 is 22.8 Å². The molecule has 2 aromatic carbocycles. The molecule has 1 amide bonds. The lowest BCUT2D eigenvalue weighted by molar-refractivity contribution is -0.127. The molecule has 9 heteroatoms. The van der Waals surface area contributed by atoms with Gasteiger partial charge in [0, 0.05) is 19.3 Å². The van der Waals surface area contributed by atoms with Gasteiger partial charge in [0.1, 0.15) is 28.6 Å². The second-order valence-corrected chi connectivity index (χ2v) is 8.43. The molecule has 2 aromatic heterocycles. The number of amides is 1. The molecular weight excluding hydrogens is 446 g/mol. The molecule has 0 radical (unpaired) electrons. The number of hydrogen-bond donors (Lipinski definition) is 2. The molecule has 3 heterocycles. The largest absolute Gasteiger partial charge is 0.508 e. The summed E-state index contributed by atoms with van der Waals surface area (Å²) in [5, 5.41) is 9.44. The van der Waals surface area contributed by atoms with Gasteiger partial charge < -0.3 is 20.5 Å². The van der Waals surface area contributed by atoms with E-state index < -0.39 is 0 Å². The van der Waals surface area contributed by atoms with Crippen molar-refractivity contribution in [3.05, 3.63) is 83.9 Å². The third-order valence-electron chi connectivity index (χ3n) is 6.23. The highest BCUT2D eigenvalue weighted by Crippen LogP contribution is 2.30. The maximum atomic E-state index is 13.8. The van der Waals surface area contributed by atoms with E-state index in [1.54, 1.807) is 74.8 Å². The van der Waals surface area contributed by atoms with E-state index >= 15 is 0 Å². The maximum absolute atomic E-state index is 13.8. The molecule has 9 nitrogen and oxygen atoms in total. The summed E-state index contributed by atoms with van der Waals surface area (Å²) < 4.78 is 9.10. The number of ether oxygens (including phenoxy) is 1. The molecule has 4 aromatic rings. The highest BCUT2D eigenvalue weighted by molar-refractivity contribution is 5.88. The van der Waals surface area contributed by atoms with Gasteiger partial charge in [-0.1, -0.05) is 6.58 Å². The van der Waals surface area contributed by atoms with Crippen LogP contribution < -0.4 is 16.2 Å². The van der Waals surface area contributed by atoms with Gasteiger partial charge in [-0.15, -0.1) is 0 Å². The number of nitrogens with zero attached hydrogens (tertiary/aromatic N) is 4. The summed E-state index contributed by atoms with van der Waals surface area (Å²) in [6.45, 7) is 4.65. The van der Waals surface area contributed by atoms with Crippen molar-refractivity contribution in [3.8, 4) is 22.9 Å². The highest BCUT2D eigenvalue weighted by Gasteiger charge is 2.28. The molecule has 1 atom stereocenters. The van der Waals surface area contributed by atoms with Gasteiger partial charge in [0.05, 0.1) is 17.2 Å². The number of carbonyl (C=O) groups excluding carboxylic acids is 1. The van der Waals surface area contributed by atoms with Crippen molar-refractivity contribution in [2.45, 2.75) is 18.9 Å². The van der Waals surface area contributed by atoms with Crippen LogP contribution in [-0.4, -0.2) is 43.1 Å². The Bertz CT molecular complexity index is 1450. The Labute approximate surface area is 201 Å². The standard InChI is InChI=1S/C26H25N5O4/c1-2-23(33)29-15-3-4-18(16-29)30-22-13-14-28-25(27)24(22)31(26(30)34)17-5-9-20(10-6-17)35-21-11-7-19(32)8-12-21/h2,5-14,18,32H,1,3-4,15-16H2,(H2,27,28)/t18-/m1/s1. The second kappa shape index (κ2) is 9.02. The summed E-state index contributed by atoms with van der Waals surface area (Å²) in [5.74, 6) is 1.42. The van der Waals surface area contributed by atoms with Gasteiger partial charge >= 0.3 is 5.69 Å². The maximum Gasteiger partial charge on any atom is 0.334 e. The zero-order chi connectivity index (χ0) is 24.5. The predicted octanol–water partition coefficient (Wildman–Crippen LogP) is 3.62. The van der Waals surface area contributed by atoms with Gasteiger partial charge in [-0.2, -0.15) is 0 Å². The van der Waals surface area contributed by atoms with E-state index in [-0.39, 0.29) is 29.2 Å². The van der Waals surface area contributed by atoms with Crippen LogP contribution in [0, 0.1) is 0 Å². The lowest BCUT2D eigenvalue weighted by Crippen LogP contribution is -2.42. The van der Waals surface area contributed by atoms with Crippen LogP contribution in [0.5, 0.6) is 17.2 Å². The first-order chi connectivity index (χ1) is 17.0. The summed E-state index contributed by atoms with van der Waals surface area (Å²) >= 11 is 0. The molecule has 0 saturated carbocycles. The third-order valence-corrected chi connectivity index (χ3v) is 6.23. The molecule has 35 heavy (non-hydrogen) atoms. The summed E-state index contributed by atoms with van der Waals surface area (Å²) in [6.07, 6.45) is 4.44. The number of piperidine rings is 1. The minimum absolute atomic E-state index is 0.142. The van der Waals surface area contributed by atoms with Crippen LogP contribution in [0.2, 0.25) is 0 Å². The molecule has 1 aliphatic rings. The van der Waals surface area contributed by atoms with Gasteiger partial charge in [-0.25, -0.2) is 9.78 Å². The number of aromatic hydroxyl groups is 1. The zero-order valence-electron chi connectivity index (χ0n) is 19.0. The number of nitrogen functional groups attached to an aromatic ring is 1. The fourth-order valence-electron chi connectivity index (χ4n) is 4.59. The van der Waals surface area contributed by atoms with E-state index in [4.69, 9.17) is 10.5 Å². The lowest BCUT2D eigenvalue weighted by Gasteiger charge is -2.32. The van der Waals surface area contributed by atoms with Crippen LogP contribution in [-0.2, 0) is 4.79 Å². The van der Waals surface area contributed by atoms with Crippen LogP contribution >= 0.6 is 0 Å². The molecule has 1 aliphatic heterocycles. The number of nitrogens with two attached hydrogens (primary N) is 1. The average molecular weight is 472 g/mol. The van der Waals surface area contributed by atoms with E-state index in [1.165, 1.54) is 6.08 Å². The van der Waals surface area contributed by atoms with Crippen LogP contribution in [0.1, 0.15) is 18.9 Å². The second-order valence-electron chi connectivity index (χ2n) is 8.43. The van der Waals surface area contributed by atoms with Crippen LogP contribution in [0.25, 0.3) is 16.7 Å². The number of imidazole rings is 1. The number of anilines is 1. The molecule has 1 fully saturated rings. The number of pyridine rings is 1. The molecule has 178 valence electrons. The minimum Gasteiger partial charge on any atom is -0.508 e. The molecule has 5 rings (SSSR count). The SMILES string of the molecule is C=CC(=O)N1CCC[C@@H](n2c(=O)n(-c3ccc(Oc4ccc(O)cc4)cc3)c3c(N)nccc32)C1. The van der Waals surface area contributed by atoms with E-state index in [1.807, 2.05) is 0 Å². The topological polar surface area (TPSA) is 116 Å². The number of aromatic nitrogens is 3. The Balaban J connectivity index is 1.54. The summed E-state index contributed by atoms with van der Waals surface area (Å²) in [7, 11) is 0. The summed E-state index contributed by atoms with van der Waals surface area (Å²) in [6, 6.07) is 15.1. The van der Waals surface area contributed by atoms with Crippen molar-refractivity contribution in [1.82, 2.24) is 19.0 Å². The van der Waals surface area contributed by atoms with Crippen LogP contribution in [0.15, 0.2) is 78.2 Å². The number of hydrogen-bond acceptors (Lipinski definition) is 6. The first-order valence-corrected chi connectivity index (χ1v) is 11.3. The molecule has 0 bridgehead atoms. The third kappa shape index (κ3) is 4.12. The van der Waals surface area contributed by atoms with Gasteiger partial charge in [0.2, 0.25) is 5.91 Å². The number of benzene rings is 2. The number of rotatable bonds is 5. The first-order valence-electron chi connectivity index (χ1n) is 11.3. The smallest absolute Gasteiger partial charge is 0.334 e. The highest BCUT2D eigenvalue weighted by atomic mass is 16.5. The Morgan fingerprint density at radius 2 is 1.80 bits per heavy atom. The van der Waals surface area contributed by atoms with Crippen molar-refractivity contribution in [2.75, 3.05) is 18.8 Å². The predicted molar refractivity (Wildman–Crippen MR) is 133 cm³/mol. The normalized spacial score (nSPS) is 15.8. The number of fused-ring (bicyclic) bond motifs is 1. The van der Waals surface area contributed by atoms with Gasteiger partial charge in [0.15, 0.2) is 0 Å². The van der Waals surface area contributed by atoms with E-state index in [0.717, 1.165) is 12.8 Å². The molecule has 0 unspecified atom stereocenters. The monoisotopic (exact) mass is 471 g/mol. The van der Waals surface area contributed by atoms with Crippen LogP contribution in [0.3, 0.4) is 0 Å². The molecule has 0 spiro atoms. The number of carbonyl (C=O) groups is 1. The average Bonchev–Trinajstić information content (AvgIpc) is 3.18. The van der Waals surface area contributed by atoms with Gasteiger partial charge in [0.25, 0.3) is 0 Å². The van der Waals surface area contributed by atoms with Gasteiger partial charge in [-0.05, 0) is 73.5 Å². The number of phenolic OH excluding ortho intramolecular Hbond substituents is 1. The molecule has 1 saturated heterocycles. The quantitative estimate of drug-likeness (QED) is 0.430. The Hall–Kier alpha value is -4.53. The number of phenols is 1. The van der Waals surface area contributed by atoms with Gasteiger partial charge in [-0.3, -0.25) is 13.9 Å². The Morgan fingerprint density at radius 3 is 2.49 bits per heavy atom. The van der Waals surface area contributed by atoms with Crippen molar-refractivity contribution < 1.29 is 14.6 Å². The van der Waals surface area contributed by atoms with E-state index in [2.05, 4.69) is 11.6 Å². The fourth-order valence-corrected chi connectivity index (χ4v) is 4.59. The fraction of sp³-hybridized carbons (Fsp3) is 0.192. The Morgan fingerprint density at radius 1 is 1.11 bits per heavy atom. The van der Waals surface area contributed by atoms with Crippen LogP contribution in [0.4, 0.5) is 5.82 Å². The number of likely N-dealkylation sites (tertiary alicyclic amines) is 1. The molecular formula is C26H25N5O4. The first kappa shape index (κ1) is 22.3. The molecule has 0 aliphatic carbocycles. The minimum atomic E-state index is -0.246. The summed E-state index contributed by atoms with van der Waals surface area (Å²) in [4.78, 5) is 31.9. The Kier molecular flexibility index (Phi) is 5.74. The van der Waals surface area contributed by atoms with Crippen molar-refractivity contribution in [3.63, 3.8) is 0 Å². The zero-order valence-corrected chi connectivity index (χ0v) is 19.0.